The Balaban J connectivity index is 1.45. The van der Waals surface area contributed by atoms with Crippen molar-refractivity contribution >= 4 is 40.9 Å². The number of nitrogens with zero attached hydrogens (tertiary/aromatic N) is 2. The van der Waals surface area contributed by atoms with Gasteiger partial charge in [0.1, 0.15) is 18.1 Å². The van der Waals surface area contributed by atoms with Gasteiger partial charge in [-0.05, 0) is 70.2 Å². The van der Waals surface area contributed by atoms with Crippen LogP contribution in [0.4, 0.5) is 4.79 Å². The first-order chi connectivity index (χ1) is 22.6. The van der Waals surface area contributed by atoms with Gasteiger partial charge in [-0.3, -0.25) is 24.4 Å². The minimum Gasteiger partial charge on any atom is -0.468 e. The molecule has 2 saturated heterocycles. The number of aromatic nitrogens is 1. The molecule has 14 nitrogen and oxygen atoms in total. The first-order valence-electron chi connectivity index (χ1n) is 16.1. The Morgan fingerprint density at radius 3 is 2.42 bits per heavy atom. The molecule has 262 valence electrons. The number of amides is 3. The second-order valence-corrected chi connectivity index (χ2v) is 13.1. The highest BCUT2D eigenvalue weighted by Crippen LogP contribution is 2.29. The topological polar surface area (TPSA) is 178 Å². The van der Waals surface area contributed by atoms with Gasteiger partial charge in [-0.2, -0.15) is 0 Å². The number of hydrogen-bond acceptors (Lipinski definition) is 11. The number of fused-ring (bicyclic) bond motifs is 1. The van der Waals surface area contributed by atoms with Crippen LogP contribution in [0.3, 0.4) is 0 Å². The molecule has 2 aliphatic heterocycles. The summed E-state index contributed by atoms with van der Waals surface area (Å²) in [5.74, 6) is -2.75. The number of pyridine rings is 1. The molecular weight excluding hydrogens is 622 g/mol. The van der Waals surface area contributed by atoms with Crippen molar-refractivity contribution in [1.29, 1.82) is 0 Å². The van der Waals surface area contributed by atoms with Crippen LogP contribution in [0.15, 0.2) is 36.4 Å². The van der Waals surface area contributed by atoms with E-state index >= 15 is 0 Å². The zero-order valence-electron chi connectivity index (χ0n) is 28.6. The Morgan fingerprint density at radius 1 is 1.08 bits per heavy atom. The second-order valence-electron chi connectivity index (χ2n) is 13.1. The van der Waals surface area contributed by atoms with E-state index in [2.05, 4.69) is 21.0 Å². The molecule has 0 radical (unpaired) electrons. The number of aliphatic hydroxyl groups excluding tert-OH is 1. The highest BCUT2D eigenvalue weighted by atomic mass is 16.7. The smallest absolute Gasteiger partial charge is 0.408 e. The van der Waals surface area contributed by atoms with Crippen LogP contribution < -0.4 is 16.1 Å². The number of nitrogens with one attached hydrogen (secondary N) is 3. The molecule has 4 N–H and O–H groups in total. The summed E-state index contributed by atoms with van der Waals surface area (Å²) >= 11 is 0. The SMILES string of the molecule is COC(=O)[C@@H]1CCCN(C(=O)[C@H](C)NC(=O)[C@@H](NC(=O)OC2(/C=C/c3ccc4ccc([C@@H](C)O)nc4c3)COC(C)(C)OC2)C(C)C)N1. The van der Waals surface area contributed by atoms with Gasteiger partial charge in [0, 0.05) is 11.9 Å². The summed E-state index contributed by atoms with van der Waals surface area (Å²) in [5.41, 5.74) is 3.54. The van der Waals surface area contributed by atoms with E-state index in [1.54, 1.807) is 52.8 Å². The lowest BCUT2D eigenvalue weighted by Gasteiger charge is -2.41. The van der Waals surface area contributed by atoms with Crippen molar-refractivity contribution < 1.29 is 43.2 Å². The molecule has 1 aromatic carbocycles. The fourth-order valence-electron chi connectivity index (χ4n) is 5.33. The lowest BCUT2D eigenvalue weighted by molar-refractivity contribution is -0.289. The van der Waals surface area contributed by atoms with Crippen molar-refractivity contribution in [2.45, 2.75) is 90.0 Å². The van der Waals surface area contributed by atoms with Crippen LogP contribution >= 0.6 is 0 Å². The third kappa shape index (κ3) is 9.28. The van der Waals surface area contributed by atoms with E-state index < -0.39 is 59.5 Å². The third-order valence-corrected chi connectivity index (χ3v) is 8.26. The molecule has 2 aliphatic rings. The van der Waals surface area contributed by atoms with Gasteiger partial charge in [-0.25, -0.2) is 10.2 Å². The van der Waals surface area contributed by atoms with Gasteiger partial charge >= 0.3 is 12.1 Å². The average molecular weight is 670 g/mol. The van der Waals surface area contributed by atoms with E-state index in [1.165, 1.54) is 19.0 Å². The number of hydrogen-bond donors (Lipinski definition) is 4. The molecular formula is C34H47N5O9. The predicted molar refractivity (Wildman–Crippen MR) is 176 cm³/mol. The standard InChI is InChI=1S/C34H47N5O9/c1-20(2)28(29(41)35-21(3)30(42)39-16-8-9-26(38-39)31(43)45-7)37-32(44)48-34(18-46-33(5,6)47-19-34)15-14-23-10-11-24-12-13-25(22(4)40)36-27(24)17-23/h10-15,17,20-22,26,28,38,40H,8-9,16,18-19H2,1-7H3,(H,35,41)(H,37,44)/b15-14+/t21-,22+,26-,28-/m0/s1. The van der Waals surface area contributed by atoms with Crippen molar-refractivity contribution in [2.24, 2.45) is 5.92 Å². The number of alkyl carbamates (subject to hydrolysis) is 1. The van der Waals surface area contributed by atoms with E-state index in [4.69, 9.17) is 18.9 Å². The molecule has 14 heteroatoms. The Labute approximate surface area is 280 Å². The number of benzene rings is 1. The highest BCUT2D eigenvalue weighted by Gasteiger charge is 2.42. The van der Waals surface area contributed by atoms with Crippen LogP contribution in [-0.2, 0) is 33.3 Å². The first-order valence-corrected chi connectivity index (χ1v) is 16.1. The number of rotatable bonds is 10. The van der Waals surface area contributed by atoms with Crippen LogP contribution in [-0.4, -0.2) is 95.4 Å². The monoisotopic (exact) mass is 669 g/mol. The molecule has 0 aliphatic carbocycles. The molecule has 0 unspecified atom stereocenters. The maximum atomic E-state index is 13.4. The van der Waals surface area contributed by atoms with E-state index in [1.807, 2.05) is 24.3 Å². The van der Waals surface area contributed by atoms with Crippen LogP contribution in [0.1, 0.15) is 71.7 Å². The van der Waals surface area contributed by atoms with Gasteiger partial charge in [-0.15, -0.1) is 0 Å². The molecule has 4 rings (SSSR count). The van der Waals surface area contributed by atoms with E-state index in [-0.39, 0.29) is 19.1 Å². The van der Waals surface area contributed by atoms with Crippen LogP contribution in [0.5, 0.6) is 0 Å². The lowest BCUT2D eigenvalue weighted by Crippen LogP contribution is -2.61. The molecule has 4 atom stereocenters. The molecule has 1 aromatic heterocycles. The normalized spacial score (nSPS) is 20.9. The van der Waals surface area contributed by atoms with Crippen LogP contribution in [0, 0.1) is 5.92 Å². The van der Waals surface area contributed by atoms with Gasteiger partial charge < -0.3 is 34.7 Å². The Kier molecular flexibility index (Phi) is 11.8. The van der Waals surface area contributed by atoms with Crippen molar-refractivity contribution in [3.63, 3.8) is 0 Å². The molecule has 0 saturated carbocycles. The van der Waals surface area contributed by atoms with Gasteiger partial charge in [-0.1, -0.05) is 38.1 Å². The van der Waals surface area contributed by atoms with E-state index in [9.17, 15) is 24.3 Å². The van der Waals surface area contributed by atoms with Crippen molar-refractivity contribution in [3.05, 3.63) is 47.7 Å². The minimum absolute atomic E-state index is 0.0125. The molecule has 0 bridgehead atoms. The number of hydrazine groups is 1. The molecule has 2 aromatic rings. The molecule has 2 fully saturated rings. The third-order valence-electron chi connectivity index (χ3n) is 8.26. The van der Waals surface area contributed by atoms with Crippen molar-refractivity contribution in [1.82, 2.24) is 26.1 Å². The quantitative estimate of drug-likeness (QED) is 0.274. The van der Waals surface area contributed by atoms with Crippen molar-refractivity contribution in [2.75, 3.05) is 26.9 Å². The summed E-state index contributed by atoms with van der Waals surface area (Å²) in [7, 11) is 1.28. The molecule has 3 heterocycles. The number of esters is 1. The maximum absolute atomic E-state index is 13.4. The zero-order valence-corrected chi connectivity index (χ0v) is 28.6. The minimum atomic E-state index is -1.33. The lowest BCUT2D eigenvalue weighted by atomic mass is 10.0. The van der Waals surface area contributed by atoms with Gasteiger partial charge in [0.15, 0.2) is 11.4 Å². The number of methoxy groups -OCH3 is 1. The second kappa shape index (κ2) is 15.4. The van der Waals surface area contributed by atoms with E-state index in [0.29, 0.717) is 30.6 Å². The number of carbonyl (C=O) groups is 4. The van der Waals surface area contributed by atoms with E-state index in [0.717, 1.165) is 10.9 Å². The average Bonchev–Trinajstić information content (AvgIpc) is 3.06. The molecule has 0 spiro atoms. The summed E-state index contributed by atoms with van der Waals surface area (Å²) < 4.78 is 22.4. The van der Waals surface area contributed by atoms with Crippen LogP contribution in [0.25, 0.3) is 17.0 Å². The summed E-state index contributed by atoms with van der Waals surface area (Å²) in [6.45, 7) is 10.5. The Morgan fingerprint density at radius 2 is 1.77 bits per heavy atom. The number of aliphatic hydroxyl groups is 1. The Hall–Kier alpha value is -4.11. The van der Waals surface area contributed by atoms with Gasteiger partial charge in [0.2, 0.25) is 5.91 Å². The Bertz CT molecular complexity index is 1520. The fraction of sp³-hybridized carbons (Fsp3) is 0.559. The van der Waals surface area contributed by atoms with Crippen LogP contribution in [0.2, 0.25) is 0 Å². The van der Waals surface area contributed by atoms with Gasteiger partial charge in [0.05, 0.1) is 37.6 Å². The summed E-state index contributed by atoms with van der Waals surface area (Å²) in [5, 5.41) is 17.5. The first kappa shape index (κ1) is 36.7. The fourth-order valence-corrected chi connectivity index (χ4v) is 5.33. The van der Waals surface area contributed by atoms with Gasteiger partial charge in [0.25, 0.3) is 5.91 Å². The summed E-state index contributed by atoms with van der Waals surface area (Å²) in [4.78, 5) is 56.3. The summed E-state index contributed by atoms with van der Waals surface area (Å²) in [6, 6.07) is 6.67. The largest absolute Gasteiger partial charge is 0.468 e. The number of ether oxygens (including phenoxy) is 4. The predicted octanol–water partition coefficient (Wildman–Crippen LogP) is 2.75. The molecule has 3 amide bonds. The van der Waals surface area contributed by atoms with Crippen molar-refractivity contribution in [3.8, 4) is 0 Å². The highest BCUT2D eigenvalue weighted by molar-refractivity contribution is 5.91. The molecule has 48 heavy (non-hydrogen) atoms. The number of carbonyl (C=O) groups excluding carboxylic acids is 4. The maximum Gasteiger partial charge on any atom is 0.408 e. The zero-order chi connectivity index (χ0) is 35.2. The summed E-state index contributed by atoms with van der Waals surface area (Å²) in [6.07, 6.45) is 2.97.